The van der Waals surface area contributed by atoms with Crippen LogP contribution in [-0.2, 0) is 16.4 Å². The van der Waals surface area contributed by atoms with Crippen LogP contribution in [0, 0.1) is 6.92 Å². The molecular formula is C14H16N2O2S. The molecule has 0 radical (unpaired) electrons. The molecule has 1 heterocycles. The maximum atomic E-state index is 11.9. The summed E-state index contributed by atoms with van der Waals surface area (Å²) >= 11 is 0. The highest BCUT2D eigenvalue weighted by Crippen LogP contribution is 2.08. The summed E-state index contributed by atoms with van der Waals surface area (Å²) in [6, 6.07) is 14.8. The zero-order valence-corrected chi connectivity index (χ0v) is 11.5. The summed E-state index contributed by atoms with van der Waals surface area (Å²) in [4.78, 5) is 4.12. The molecule has 0 spiro atoms. The molecule has 0 unspecified atom stereocenters. The number of hydrogen-bond acceptors (Lipinski definition) is 3. The molecule has 0 atom stereocenters. The van der Waals surface area contributed by atoms with Crippen LogP contribution >= 0.6 is 0 Å². The van der Waals surface area contributed by atoms with E-state index in [9.17, 15) is 8.42 Å². The molecule has 0 aliphatic carbocycles. The second kappa shape index (κ2) is 5.84. The Hall–Kier alpha value is -1.88. The molecule has 0 saturated carbocycles. The van der Waals surface area contributed by atoms with Crippen molar-refractivity contribution in [1.29, 1.82) is 0 Å². The molecule has 0 amide bonds. The van der Waals surface area contributed by atoms with Gasteiger partial charge in [-0.3, -0.25) is 4.72 Å². The molecule has 0 bridgehead atoms. The molecule has 5 heteroatoms. The van der Waals surface area contributed by atoms with Crippen molar-refractivity contribution in [2.75, 3.05) is 10.5 Å². The van der Waals surface area contributed by atoms with E-state index < -0.39 is 10.0 Å². The van der Waals surface area contributed by atoms with E-state index in [4.69, 9.17) is 0 Å². The lowest BCUT2D eigenvalue weighted by Crippen LogP contribution is -2.19. The lowest BCUT2D eigenvalue weighted by atomic mass is 10.2. The number of rotatable bonds is 5. The smallest absolute Gasteiger partial charge is 0.234 e. The number of nitrogens with one attached hydrogen (secondary N) is 1. The summed E-state index contributed by atoms with van der Waals surface area (Å²) < 4.78 is 26.4. The highest BCUT2D eigenvalue weighted by atomic mass is 32.2. The van der Waals surface area contributed by atoms with Gasteiger partial charge >= 0.3 is 0 Å². The molecule has 2 aromatic rings. The van der Waals surface area contributed by atoms with Gasteiger partial charge in [-0.2, -0.15) is 0 Å². The molecule has 1 aromatic heterocycles. The van der Waals surface area contributed by atoms with E-state index in [1.54, 1.807) is 12.1 Å². The van der Waals surface area contributed by atoms with Gasteiger partial charge in [0.1, 0.15) is 5.82 Å². The van der Waals surface area contributed by atoms with Crippen molar-refractivity contribution in [2.45, 2.75) is 13.3 Å². The van der Waals surface area contributed by atoms with Crippen LogP contribution in [0.2, 0.25) is 0 Å². The number of benzene rings is 1. The third-order valence-corrected chi connectivity index (χ3v) is 3.91. The summed E-state index contributed by atoms with van der Waals surface area (Å²) in [6.07, 6.45) is 0.488. The fourth-order valence-electron chi connectivity index (χ4n) is 1.71. The Bertz CT molecular complexity index is 640. The zero-order valence-electron chi connectivity index (χ0n) is 10.7. The molecule has 0 fully saturated rings. The molecule has 4 nitrogen and oxygen atoms in total. The minimum atomic E-state index is -3.36. The SMILES string of the molecule is Cc1cccc(NS(=O)(=O)CCc2ccccc2)n1. The van der Waals surface area contributed by atoms with Crippen molar-refractivity contribution >= 4 is 15.8 Å². The fourth-order valence-corrected chi connectivity index (χ4v) is 2.75. The summed E-state index contributed by atoms with van der Waals surface area (Å²) in [5.74, 6) is 0.417. The first-order valence-corrected chi connectivity index (χ1v) is 7.68. The second-order valence-corrected chi connectivity index (χ2v) is 6.16. The van der Waals surface area contributed by atoms with Crippen LogP contribution < -0.4 is 4.72 Å². The zero-order chi connectivity index (χ0) is 13.7. The van der Waals surface area contributed by atoms with Gasteiger partial charge in [0.15, 0.2) is 0 Å². The van der Waals surface area contributed by atoms with Gasteiger partial charge in [-0.25, -0.2) is 13.4 Å². The minimum absolute atomic E-state index is 0.0482. The predicted octanol–water partition coefficient (Wildman–Crippen LogP) is 2.37. The Kier molecular flexibility index (Phi) is 4.16. The Morgan fingerprint density at radius 3 is 2.47 bits per heavy atom. The Morgan fingerprint density at radius 1 is 1.05 bits per heavy atom. The molecule has 100 valence electrons. The van der Waals surface area contributed by atoms with Crippen LogP contribution in [0.15, 0.2) is 48.5 Å². The number of anilines is 1. The number of pyridine rings is 1. The molecule has 2 rings (SSSR count). The highest BCUT2D eigenvalue weighted by Gasteiger charge is 2.11. The van der Waals surface area contributed by atoms with Crippen LogP contribution in [0.4, 0.5) is 5.82 Å². The summed E-state index contributed by atoms with van der Waals surface area (Å²) in [7, 11) is -3.36. The lowest BCUT2D eigenvalue weighted by Gasteiger charge is -2.07. The van der Waals surface area contributed by atoms with Gasteiger partial charge in [0.05, 0.1) is 5.75 Å². The molecule has 1 N–H and O–H groups in total. The Labute approximate surface area is 113 Å². The van der Waals surface area contributed by atoms with Crippen molar-refractivity contribution in [3.63, 3.8) is 0 Å². The topological polar surface area (TPSA) is 59.1 Å². The van der Waals surface area contributed by atoms with Crippen molar-refractivity contribution in [1.82, 2.24) is 4.98 Å². The van der Waals surface area contributed by atoms with Gasteiger partial charge in [0.25, 0.3) is 0 Å². The monoisotopic (exact) mass is 276 g/mol. The van der Waals surface area contributed by atoms with E-state index in [1.165, 1.54) is 0 Å². The van der Waals surface area contributed by atoms with E-state index in [0.29, 0.717) is 12.2 Å². The predicted molar refractivity (Wildman–Crippen MR) is 76.5 cm³/mol. The average molecular weight is 276 g/mol. The molecule has 0 aliphatic rings. The van der Waals surface area contributed by atoms with E-state index in [-0.39, 0.29) is 5.75 Å². The number of hydrogen-bond donors (Lipinski definition) is 1. The van der Waals surface area contributed by atoms with Gasteiger partial charge in [-0.15, -0.1) is 0 Å². The van der Waals surface area contributed by atoms with Gasteiger partial charge in [0, 0.05) is 5.69 Å². The van der Waals surface area contributed by atoms with Gasteiger partial charge in [-0.05, 0) is 31.0 Å². The minimum Gasteiger partial charge on any atom is -0.267 e. The van der Waals surface area contributed by atoms with Crippen LogP contribution in [0.3, 0.4) is 0 Å². The normalized spacial score (nSPS) is 11.2. The van der Waals surface area contributed by atoms with E-state index in [2.05, 4.69) is 9.71 Å². The van der Waals surface area contributed by atoms with Gasteiger partial charge in [0.2, 0.25) is 10.0 Å². The largest absolute Gasteiger partial charge is 0.267 e. The van der Waals surface area contributed by atoms with Crippen LogP contribution in [0.5, 0.6) is 0 Å². The first-order chi connectivity index (χ1) is 9.05. The molecule has 1 aromatic carbocycles. The van der Waals surface area contributed by atoms with Crippen LogP contribution in [-0.4, -0.2) is 19.2 Å². The van der Waals surface area contributed by atoms with Crippen LogP contribution in [0.1, 0.15) is 11.3 Å². The molecular weight excluding hydrogens is 260 g/mol. The highest BCUT2D eigenvalue weighted by molar-refractivity contribution is 7.92. The molecule has 19 heavy (non-hydrogen) atoms. The van der Waals surface area contributed by atoms with Crippen molar-refractivity contribution in [2.24, 2.45) is 0 Å². The summed E-state index contributed by atoms with van der Waals surface area (Å²) in [6.45, 7) is 1.82. The lowest BCUT2D eigenvalue weighted by molar-refractivity contribution is 0.600. The third kappa shape index (κ3) is 4.37. The quantitative estimate of drug-likeness (QED) is 0.912. The molecule has 0 aliphatic heterocycles. The first kappa shape index (κ1) is 13.5. The maximum Gasteiger partial charge on any atom is 0.234 e. The third-order valence-electron chi connectivity index (χ3n) is 2.65. The number of nitrogens with zero attached hydrogens (tertiary/aromatic N) is 1. The fraction of sp³-hybridized carbons (Fsp3) is 0.214. The van der Waals surface area contributed by atoms with Crippen LogP contribution in [0.25, 0.3) is 0 Å². The van der Waals surface area contributed by atoms with E-state index >= 15 is 0 Å². The van der Waals surface area contributed by atoms with Crippen molar-refractivity contribution in [3.8, 4) is 0 Å². The van der Waals surface area contributed by atoms with Gasteiger partial charge < -0.3 is 0 Å². The van der Waals surface area contributed by atoms with Gasteiger partial charge in [-0.1, -0.05) is 36.4 Å². The Morgan fingerprint density at radius 2 is 1.79 bits per heavy atom. The number of aryl methyl sites for hydroxylation is 2. The van der Waals surface area contributed by atoms with Crippen molar-refractivity contribution in [3.05, 3.63) is 59.8 Å². The maximum absolute atomic E-state index is 11.9. The average Bonchev–Trinajstić information content (AvgIpc) is 2.37. The molecule has 0 saturated heterocycles. The second-order valence-electron chi connectivity index (χ2n) is 4.32. The number of sulfonamides is 1. The van der Waals surface area contributed by atoms with E-state index in [0.717, 1.165) is 11.3 Å². The summed E-state index contributed by atoms with van der Waals surface area (Å²) in [5, 5.41) is 0. The van der Waals surface area contributed by atoms with E-state index in [1.807, 2.05) is 43.3 Å². The Balaban J connectivity index is 1.99. The number of aromatic nitrogens is 1. The standard InChI is InChI=1S/C14H16N2O2S/c1-12-6-5-9-14(15-12)16-19(17,18)11-10-13-7-3-2-4-8-13/h2-9H,10-11H2,1H3,(H,15,16). The summed E-state index contributed by atoms with van der Waals surface area (Å²) in [5.41, 5.74) is 1.79. The first-order valence-electron chi connectivity index (χ1n) is 6.03. The van der Waals surface area contributed by atoms with Crippen molar-refractivity contribution < 1.29 is 8.42 Å².